The molecule has 2 radical (unpaired) electrons. The average Bonchev–Trinajstić information content (AvgIpc) is 2.91. The Morgan fingerprint density at radius 2 is 1.96 bits per heavy atom. The minimum atomic E-state index is -1.40. The van der Waals surface area contributed by atoms with Gasteiger partial charge in [0.15, 0.2) is 10.9 Å². The molecule has 0 aliphatic heterocycles. The van der Waals surface area contributed by atoms with Crippen molar-refractivity contribution >= 4 is 80.9 Å². The molecule has 1 aromatic carbocycles. The van der Waals surface area contributed by atoms with E-state index in [0.717, 1.165) is 11.0 Å². The summed E-state index contributed by atoms with van der Waals surface area (Å²) in [4.78, 5) is 21.9. The van der Waals surface area contributed by atoms with Gasteiger partial charge in [-0.15, -0.1) is 0 Å². The van der Waals surface area contributed by atoms with Crippen LogP contribution in [0, 0.1) is 0 Å². The number of ether oxygens (including phenoxy) is 1. The third-order valence-electron chi connectivity index (χ3n) is 3.05. The molecule has 0 fully saturated rings. The van der Waals surface area contributed by atoms with Gasteiger partial charge in [-0.1, -0.05) is 12.1 Å². The van der Waals surface area contributed by atoms with E-state index in [1.54, 1.807) is 0 Å². The van der Waals surface area contributed by atoms with Crippen LogP contribution >= 0.6 is 0 Å². The molecule has 0 amide bonds. The van der Waals surface area contributed by atoms with E-state index in [2.05, 4.69) is 15.0 Å². The molecule has 2 heterocycles. The molecule has 3 rings (SSSR count). The van der Waals surface area contributed by atoms with Gasteiger partial charge in [-0.05, 0) is 12.1 Å². The predicted molar refractivity (Wildman–Crippen MR) is 91.3 cm³/mol. The van der Waals surface area contributed by atoms with Crippen molar-refractivity contribution in [1.29, 1.82) is 0 Å². The second-order valence-electron chi connectivity index (χ2n) is 4.40. The van der Waals surface area contributed by atoms with Crippen LogP contribution in [0.2, 0.25) is 0 Å². The van der Waals surface area contributed by atoms with E-state index in [9.17, 15) is 9.00 Å². The summed E-state index contributed by atoms with van der Waals surface area (Å²) >= 11 is 0. The molecule has 1 unspecified atom stereocenters. The van der Waals surface area contributed by atoms with Crippen molar-refractivity contribution in [3.63, 3.8) is 0 Å². The maximum absolute atomic E-state index is 12.4. The van der Waals surface area contributed by atoms with Crippen LogP contribution in [0.15, 0.2) is 46.5 Å². The van der Waals surface area contributed by atoms with Crippen molar-refractivity contribution in [3.05, 3.63) is 52.4 Å². The Labute approximate surface area is 179 Å². The summed E-state index contributed by atoms with van der Waals surface area (Å²) in [6.45, 7) is 0. The number of aromatic nitrogens is 3. The molecule has 3 aromatic rings. The van der Waals surface area contributed by atoms with E-state index >= 15 is 0 Å². The smallest absolute Gasteiger partial charge is 0.223 e. The molecule has 23 heavy (non-hydrogen) atoms. The van der Waals surface area contributed by atoms with Gasteiger partial charge in [0.1, 0.15) is 0 Å². The van der Waals surface area contributed by atoms with Gasteiger partial charge in [-0.25, -0.2) is 4.98 Å². The Morgan fingerprint density at radius 1 is 1.22 bits per heavy atom. The summed E-state index contributed by atoms with van der Waals surface area (Å²) in [6, 6.07) is 8.83. The first-order valence-corrected chi connectivity index (χ1v) is 7.58. The van der Waals surface area contributed by atoms with Crippen LogP contribution in [0.3, 0.4) is 0 Å². The van der Waals surface area contributed by atoms with Gasteiger partial charge >= 0.3 is 0 Å². The fourth-order valence-corrected chi connectivity index (χ4v) is 3.11. The van der Waals surface area contributed by atoms with Crippen molar-refractivity contribution in [1.82, 2.24) is 15.0 Å². The molecule has 1 atom stereocenters. The second kappa shape index (κ2) is 9.17. The average molecular weight is 349 g/mol. The van der Waals surface area contributed by atoms with Crippen LogP contribution < -0.4 is 10.2 Å². The number of H-pyrrole nitrogens is 2. The second-order valence-corrected chi connectivity index (χ2v) is 5.77. The Hall–Kier alpha value is -0.410. The number of benzene rings is 1. The SMILES string of the molecule is COc1c(CS(=O)c2nc3ccccc3[nH]2)[nH]ccc1=O.[Na].[Na]. The number of pyridine rings is 1. The number of para-hydroxylation sites is 2. The van der Waals surface area contributed by atoms with Crippen LogP contribution in [-0.2, 0) is 16.6 Å². The number of imidazole rings is 1. The first kappa shape index (κ1) is 20.6. The monoisotopic (exact) mass is 349 g/mol. The molecular formula is C14H13N3Na2O3S. The maximum Gasteiger partial charge on any atom is 0.223 e. The summed E-state index contributed by atoms with van der Waals surface area (Å²) in [5.41, 5.74) is 1.83. The minimum absolute atomic E-state index is 0. The molecule has 0 aliphatic rings. The normalized spacial score (nSPS) is 11.3. The molecule has 0 aliphatic carbocycles. The molecule has 0 spiro atoms. The van der Waals surface area contributed by atoms with Crippen molar-refractivity contribution in [2.24, 2.45) is 0 Å². The van der Waals surface area contributed by atoms with E-state index in [4.69, 9.17) is 4.74 Å². The molecule has 9 heteroatoms. The molecule has 110 valence electrons. The van der Waals surface area contributed by atoms with Crippen LogP contribution in [0.25, 0.3) is 11.0 Å². The fourth-order valence-electron chi connectivity index (χ4n) is 2.08. The number of nitrogens with one attached hydrogen (secondary N) is 2. The van der Waals surface area contributed by atoms with Crippen LogP contribution in [-0.4, -0.2) is 85.4 Å². The largest absolute Gasteiger partial charge is 0.491 e. The van der Waals surface area contributed by atoms with Gasteiger partial charge in [0.05, 0.1) is 40.4 Å². The summed E-state index contributed by atoms with van der Waals surface area (Å²) in [5, 5.41) is 0.378. The van der Waals surface area contributed by atoms with Crippen molar-refractivity contribution in [2.45, 2.75) is 10.9 Å². The molecule has 0 bridgehead atoms. The maximum atomic E-state index is 12.4. The zero-order valence-electron chi connectivity index (χ0n) is 13.3. The molecule has 0 saturated carbocycles. The standard InChI is InChI=1S/C14H13N3O3S.2Na/c1-20-13-11(15-7-6-12(13)18)8-21(19)14-16-9-4-2-3-5-10(9)17-14;;/h2-7H,8H2,1H3,(H,15,18)(H,16,17);;. The number of fused-ring (bicyclic) bond motifs is 1. The third kappa shape index (κ3) is 4.57. The summed E-state index contributed by atoms with van der Waals surface area (Å²) < 4.78 is 17.5. The summed E-state index contributed by atoms with van der Waals surface area (Å²) in [5.74, 6) is 0.306. The van der Waals surface area contributed by atoms with E-state index in [1.807, 2.05) is 24.3 Å². The van der Waals surface area contributed by atoms with E-state index in [0.29, 0.717) is 10.9 Å². The number of nitrogens with zero attached hydrogens (tertiary/aromatic N) is 1. The Kier molecular flexibility index (Phi) is 8.23. The fraction of sp³-hybridized carbons (Fsp3) is 0.143. The first-order chi connectivity index (χ1) is 10.2. The zero-order valence-corrected chi connectivity index (χ0v) is 18.1. The predicted octanol–water partition coefficient (Wildman–Crippen LogP) is 0.806. The van der Waals surface area contributed by atoms with Crippen molar-refractivity contribution in [3.8, 4) is 5.75 Å². The van der Waals surface area contributed by atoms with Crippen molar-refractivity contribution in [2.75, 3.05) is 7.11 Å². The molecule has 2 N–H and O–H groups in total. The van der Waals surface area contributed by atoms with Gasteiger partial charge in [-0.3, -0.25) is 9.00 Å². The van der Waals surface area contributed by atoms with Crippen LogP contribution in [0.1, 0.15) is 5.69 Å². The quantitative estimate of drug-likeness (QED) is 0.682. The van der Waals surface area contributed by atoms with E-state index in [1.165, 1.54) is 19.4 Å². The van der Waals surface area contributed by atoms with Gasteiger partial charge < -0.3 is 14.7 Å². The number of methoxy groups -OCH3 is 1. The number of aromatic amines is 2. The van der Waals surface area contributed by atoms with Crippen LogP contribution in [0.5, 0.6) is 5.75 Å². The Morgan fingerprint density at radius 3 is 2.65 bits per heavy atom. The summed E-state index contributed by atoms with van der Waals surface area (Å²) in [6.07, 6.45) is 1.51. The molecule has 2 aromatic heterocycles. The topological polar surface area (TPSA) is 87.8 Å². The van der Waals surface area contributed by atoms with Gasteiger partial charge in [0, 0.05) is 71.4 Å². The summed E-state index contributed by atoms with van der Waals surface area (Å²) in [7, 11) is 0.0109. The number of rotatable bonds is 4. The molecular weight excluding hydrogens is 336 g/mol. The number of hydrogen-bond donors (Lipinski definition) is 2. The number of hydrogen-bond acceptors (Lipinski definition) is 4. The van der Waals surface area contributed by atoms with E-state index < -0.39 is 10.8 Å². The zero-order chi connectivity index (χ0) is 14.8. The van der Waals surface area contributed by atoms with E-state index in [-0.39, 0.29) is 76.0 Å². The first-order valence-electron chi connectivity index (χ1n) is 6.26. The molecule has 6 nitrogen and oxygen atoms in total. The van der Waals surface area contributed by atoms with Gasteiger partial charge in [0.25, 0.3) is 0 Å². The molecule has 0 saturated heterocycles. The minimum Gasteiger partial charge on any atom is -0.491 e. The third-order valence-corrected chi connectivity index (χ3v) is 4.23. The van der Waals surface area contributed by atoms with Crippen LogP contribution in [0.4, 0.5) is 0 Å². The van der Waals surface area contributed by atoms with Gasteiger partial charge in [0.2, 0.25) is 5.43 Å². The Bertz CT molecular complexity index is 846. The Balaban J connectivity index is 0.00000132. The van der Waals surface area contributed by atoms with Crippen molar-refractivity contribution < 1.29 is 8.95 Å². The van der Waals surface area contributed by atoms with Gasteiger partial charge in [-0.2, -0.15) is 0 Å².